The van der Waals surface area contributed by atoms with E-state index in [2.05, 4.69) is 11.9 Å². The van der Waals surface area contributed by atoms with Crippen molar-refractivity contribution in [2.45, 2.75) is 31.7 Å². The number of nitrogens with zero attached hydrogens (tertiary/aromatic N) is 2. The fraction of sp³-hybridized carbons (Fsp3) is 0.348. The van der Waals surface area contributed by atoms with Crippen LogP contribution in [-0.2, 0) is 4.79 Å². The number of likely N-dealkylation sites (tertiary alicyclic amines) is 1. The Morgan fingerprint density at radius 2 is 2.03 bits per heavy atom. The molecule has 150 valence electrons. The largest absolute Gasteiger partial charge is 0.331 e. The third-order valence-corrected chi connectivity index (χ3v) is 6.18. The van der Waals surface area contributed by atoms with Crippen molar-refractivity contribution in [2.24, 2.45) is 4.99 Å². The van der Waals surface area contributed by atoms with E-state index in [0.29, 0.717) is 28.9 Å². The molecule has 0 aliphatic carbocycles. The summed E-state index contributed by atoms with van der Waals surface area (Å²) in [5.74, 6) is -1.19. The van der Waals surface area contributed by atoms with Gasteiger partial charge in [-0.2, -0.15) is 0 Å². The summed E-state index contributed by atoms with van der Waals surface area (Å²) < 4.78 is 0. The van der Waals surface area contributed by atoms with E-state index in [1.807, 2.05) is 18.2 Å². The molecule has 2 aliphatic rings. The van der Waals surface area contributed by atoms with Crippen LogP contribution in [0.1, 0.15) is 41.6 Å². The molecule has 1 N–H and O–H groups in total. The number of rotatable bonds is 5. The number of hydrogen-bond donors (Lipinski definition) is 1. The zero-order chi connectivity index (χ0) is 20.4. The normalized spacial score (nSPS) is 24.3. The third kappa shape index (κ3) is 3.85. The Morgan fingerprint density at radius 1 is 1.21 bits per heavy atom. The summed E-state index contributed by atoms with van der Waals surface area (Å²) in [4.78, 5) is 33.9. The zero-order valence-corrected chi connectivity index (χ0v) is 17.2. The first-order valence-corrected chi connectivity index (χ1v) is 10.5. The summed E-state index contributed by atoms with van der Waals surface area (Å²) in [5.41, 5.74) is 1.73. The van der Waals surface area contributed by atoms with E-state index < -0.39 is 5.92 Å². The minimum atomic E-state index is -0.575. The lowest BCUT2D eigenvalue weighted by Crippen LogP contribution is -3.13. The van der Waals surface area contributed by atoms with E-state index in [1.165, 1.54) is 24.3 Å². The maximum atomic E-state index is 13.3. The Hall–Kier alpha value is -2.50. The first kappa shape index (κ1) is 19.8. The Bertz CT molecular complexity index is 959. The SMILES string of the molecule is CC[NH+]1CCC[C@@H]1CN=CC1C(=O)N(c2cccc(Cl)c2)C(=O)c2ccccc21. The minimum Gasteiger partial charge on any atom is -0.331 e. The lowest BCUT2D eigenvalue weighted by molar-refractivity contribution is -0.908. The van der Waals surface area contributed by atoms with E-state index >= 15 is 0 Å². The number of carbonyl (C=O) groups is 2. The van der Waals surface area contributed by atoms with Crippen LogP contribution in [0.2, 0.25) is 5.02 Å². The summed E-state index contributed by atoms with van der Waals surface area (Å²) in [6.45, 7) is 5.20. The number of aliphatic imine (C=N–C) groups is 1. The Balaban J connectivity index is 1.65. The van der Waals surface area contributed by atoms with E-state index in [4.69, 9.17) is 11.6 Å². The van der Waals surface area contributed by atoms with Crippen LogP contribution < -0.4 is 9.80 Å². The molecule has 3 atom stereocenters. The second-order valence-corrected chi connectivity index (χ2v) is 8.08. The second-order valence-electron chi connectivity index (χ2n) is 7.64. The summed E-state index contributed by atoms with van der Waals surface area (Å²) >= 11 is 6.10. The van der Waals surface area contributed by atoms with Crippen LogP contribution in [0, 0.1) is 0 Å². The van der Waals surface area contributed by atoms with Gasteiger partial charge in [0, 0.05) is 29.6 Å². The molecule has 0 saturated carbocycles. The molecule has 4 rings (SSSR count). The first-order valence-electron chi connectivity index (χ1n) is 10.2. The average Bonchev–Trinajstić information content (AvgIpc) is 3.18. The molecule has 0 radical (unpaired) electrons. The van der Waals surface area contributed by atoms with Gasteiger partial charge in [-0.25, -0.2) is 4.90 Å². The Labute approximate surface area is 176 Å². The number of carbonyl (C=O) groups excluding carboxylic acids is 2. The van der Waals surface area contributed by atoms with Crippen LogP contribution in [0.4, 0.5) is 5.69 Å². The highest BCUT2D eigenvalue weighted by Gasteiger charge is 2.39. The van der Waals surface area contributed by atoms with Crippen LogP contribution >= 0.6 is 11.6 Å². The molecule has 0 spiro atoms. The second kappa shape index (κ2) is 8.47. The highest BCUT2D eigenvalue weighted by atomic mass is 35.5. The number of halogens is 1. The van der Waals surface area contributed by atoms with Gasteiger partial charge < -0.3 is 4.90 Å². The smallest absolute Gasteiger partial charge is 0.265 e. The van der Waals surface area contributed by atoms with Crippen molar-refractivity contribution < 1.29 is 14.5 Å². The standard InChI is InChI=1S/C23H24ClN3O2/c1-2-26-12-6-9-18(26)14-25-15-21-19-10-3-4-11-20(19)22(28)27(23(21)29)17-8-5-7-16(24)13-17/h3-5,7-8,10-11,13,15,18,21H,2,6,9,12,14H2,1H3/p+1/t18-,21?/m1/s1. The van der Waals surface area contributed by atoms with Crippen molar-refractivity contribution in [1.29, 1.82) is 0 Å². The van der Waals surface area contributed by atoms with Crippen molar-refractivity contribution in [3.63, 3.8) is 0 Å². The van der Waals surface area contributed by atoms with Crippen molar-refractivity contribution in [3.8, 4) is 0 Å². The maximum Gasteiger partial charge on any atom is 0.265 e. The van der Waals surface area contributed by atoms with Gasteiger partial charge in [-0.3, -0.25) is 14.6 Å². The topological polar surface area (TPSA) is 54.2 Å². The lowest BCUT2D eigenvalue weighted by Gasteiger charge is -2.31. The number of hydrogen-bond acceptors (Lipinski definition) is 3. The van der Waals surface area contributed by atoms with Crippen molar-refractivity contribution in [2.75, 3.05) is 24.5 Å². The number of likely N-dealkylation sites (N-methyl/N-ethyl adjacent to an activating group) is 1. The van der Waals surface area contributed by atoms with Crippen LogP contribution in [0.5, 0.6) is 0 Å². The average molecular weight is 411 g/mol. The molecule has 1 fully saturated rings. The lowest BCUT2D eigenvalue weighted by atomic mass is 9.89. The molecule has 2 unspecified atom stereocenters. The predicted molar refractivity (Wildman–Crippen MR) is 115 cm³/mol. The first-order chi connectivity index (χ1) is 14.1. The van der Waals surface area contributed by atoms with Gasteiger partial charge in [0.25, 0.3) is 5.91 Å². The molecular formula is C23H25ClN3O2+. The van der Waals surface area contributed by atoms with Crippen molar-refractivity contribution in [1.82, 2.24) is 0 Å². The van der Waals surface area contributed by atoms with E-state index in [9.17, 15) is 9.59 Å². The monoisotopic (exact) mass is 410 g/mol. The van der Waals surface area contributed by atoms with Crippen LogP contribution in [-0.4, -0.2) is 43.7 Å². The van der Waals surface area contributed by atoms with E-state index in [0.717, 1.165) is 12.1 Å². The third-order valence-electron chi connectivity index (χ3n) is 5.94. The van der Waals surface area contributed by atoms with Gasteiger partial charge in [0.15, 0.2) is 0 Å². The molecule has 2 aromatic carbocycles. The number of fused-ring (bicyclic) bond motifs is 1. The molecule has 0 bridgehead atoms. The Morgan fingerprint density at radius 3 is 2.83 bits per heavy atom. The fourth-order valence-corrected chi connectivity index (χ4v) is 4.61. The van der Waals surface area contributed by atoms with Gasteiger partial charge >= 0.3 is 0 Å². The quantitative estimate of drug-likeness (QED) is 0.608. The molecule has 0 aromatic heterocycles. The molecule has 1 saturated heterocycles. The number of amides is 2. The summed E-state index contributed by atoms with van der Waals surface area (Å²) in [6.07, 6.45) is 4.13. The highest BCUT2D eigenvalue weighted by Crippen LogP contribution is 2.32. The highest BCUT2D eigenvalue weighted by molar-refractivity contribution is 6.32. The molecule has 5 nitrogen and oxygen atoms in total. The van der Waals surface area contributed by atoms with Crippen LogP contribution in [0.15, 0.2) is 53.5 Å². The van der Waals surface area contributed by atoms with Crippen LogP contribution in [0.3, 0.4) is 0 Å². The van der Waals surface area contributed by atoms with Gasteiger partial charge in [0.1, 0.15) is 6.04 Å². The number of nitrogens with one attached hydrogen (secondary N) is 1. The van der Waals surface area contributed by atoms with Gasteiger partial charge in [-0.05, 0) is 36.8 Å². The fourth-order valence-electron chi connectivity index (χ4n) is 4.42. The van der Waals surface area contributed by atoms with Gasteiger partial charge in [-0.1, -0.05) is 35.9 Å². The predicted octanol–water partition coefficient (Wildman–Crippen LogP) is 2.75. The zero-order valence-electron chi connectivity index (χ0n) is 16.5. The van der Waals surface area contributed by atoms with Gasteiger partial charge in [0.2, 0.25) is 5.91 Å². The number of anilines is 1. The molecule has 2 aliphatic heterocycles. The molecular weight excluding hydrogens is 386 g/mol. The van der Waals surface area contributed by atoms with Gasteiger partial charge in [0.05, 0.1) is 31.2 Å². The number of quaternary nitrogens is 1. The minimum absolute atomic E-state index is 0.286. The molecule has 2 heterocycles. The number of benzene rings is 2. The summed E-state index contributed by atoms with van der Waals surface area (Å²) in [6, 6.07) is 14.6. The maximum absolute atomic E-state index is 13.3. The molecule has 2 aromatic rings. The summed E-state index contributed by atoms with van der Waals surface area (Å²) in [5, 5.41) is 0.482. The van der Waals surface area contributed by atoms with Crippen molar-refractivity contribution >= 4 is 35.3 Å². The molecule has 6 heteroatoms. The Kier molecular flexibility index (Phi) is 5.79. The van der Waals surface area contributed by atoms with Gasteiger partial charge in [-0.15, -0.1) is 0 Å². The number of imide groups is 1. The summed E-state index contributed by atoms with van der Waals surface area (Å²) in [7, 11) is 0. The molecule has 2 amide bonds. The van der Waals surface area contributed by atoms with Crippen LogP contribution in [0.25, 0.3) is 0 Å². The molecule has 29 heavy (non-hydrogen) atoms. The van der Waals surface area contributed by atoms with E-state index in [-0.39, 0.29) is 11.8 Å². The van der Waals surface area contributed by atoms with Crippen molar-refractivity contribution in [3.05, 3.63) is 64.7 Å². The van der Waals surface area contributed by atoms with E-state index in [1.54, 1.807) is 41.4 Å².